The van der Waals surface area contributed by atoms with Crippen LogP contribution < -0.4 is 11.3 Å². The van der Waals surface area contributed by atoms with Gasteiger partial charge in [-0.1, -0.05) is 6.07 Å². The molecule has 0 saturated carbocycles. The fourth-order valence-electron chi connectivity index (χ4n) is 2.26. The fourth-order valence-corrected chi connectivity index (χ4v) is 2.26. The van der Waals surface area contributed by atoms with Crippen LogP contribution in [0.2, 0.25) is 0 Å². The van der Waals surface area contributed by atoms with Gasteiger partial charge in [-0.2, -0.15) is 0 Å². The molecule has 1 aliphatic carbocycles. The van der Waals surface area contributed by atoms with Gasteiger partial charge in [0.25, 0.3) is 0 Å². The maximum Gasteiger partial charge on any atom is 0.103 e. The van der Waals surface area contributed by atoms with Crippen molar-refractivity contribution in [1.82, 2.24) is 5.43 Å². The van der Waals surface area contributed by atoms with Gasteiger partial charge < -0.3 is 5.43 Å². The lowest BCUT2D eigenvalue weighted by Crippen LogP contribution is -2.18. The van der Waals surface area contributed by atoms with Gasteiger partial charge in [-0.05, 0) is 55.4 Å². The predicted molar refractivity (Wildman–Crippen MR) is 63.3 cm³/mol. The predicted octanol–water partition coefficient (Wildman–Crippen LogP) is 2.00. The zero-order valence-corrected chi connectivity index (χ0v) is 9.09. The fraction of sp³-hybridized carbons (Fsp3) is 0.417. The van der Waals surface area contributed by atoms with Crippen molar-refractivity contribution >= 4 is 12.0 Å². The Hall–Kier alpha value is -1.35. The van der Waals surface area contributed by atoms with E-state index in [2.05, 4.69) is 29.5 Å². The molecule has 0 aliphatic heterocycles. The minimum atomic E-state index is 1.06. The van der Waals surface area contributed by atoms with Crippen LogP contribution in [0.5, 0.6) is 0 Å². The van der Waals surface area contributed by atoms with Gasteiger partial charge >= 0.3 is 0 Å². The highest BCUT2D eigenvalue weighted by molar-refractivity contribution is 5.64. The molecule has 0 spiro atoms. The van der Waals surface area contributed by atoms with Gasteiger partial charge in [0.05, 0.1) is 5.69 Å². The maximum absolute atomic E-state index is 5.18. The largest absolute Gasteiger partial charge is 0.315 e. The molecule has 1 aromatic rings. The molecule has 0 saturated heterocycles. The molecule has 80 valence electrons. The Labute approximate surface area is 90.4 Å². The lowest BCUT2D eigenvalue weighted by Gasteiger charge is -2.19. The SMILES string of the molecule is Cc1ccc(N=CNN)c2c1CCCC2. The minimum absolute atomic E-state index is 1.06. The Morgan fingerprint density at radius 1 is 1.27 bits per heavy atom. The van der Waals surface area contributed by atoms with Gasteiger partial charge in [-0.3, -0.25) is 0 Å². The smallest absolute Gasteiger partial charge is 0.103 e. The summed E-state index contributed by atoms with van der Waals surface area (Å²) >= 11 is 0. The average Bonchev–Trinajstić information content (AvgIpc) is 2.29. The number of hydrazine groups is 1. The molecular weight excluding hydrogens is 186 g/mol. The monoisotopic (exact) mass is 203 g/mol. The summed E-state index contributed by atoms with van der Waals surface area (Å²) in [5.74, 6) is 5.18. The summed E-state index contributed by atoms with van der Waals surface area (Å²) in [6.07, 6.45) is 6.46. The third-order valence-corrected chi connectivity index (χ3v) is 3.02. The summed E-state index contributed by atoms with van der Waals surface area (Å²) < 4.78 is 0. The second kappa shape index (κ2) is 4.45. The van der Waals surface area contributed by atoms with Crippen molar-refractivity contribution in [3.63, 3.8) is 0 Å². The Morgan fingerprint density at radius 2 is 2.00 bits per heavy atom. The van der Waals surface area contributed by atoms with Crippen LogP contribution in [0, 0.1) is 6.92 Å². The van der Waals surface area contributed by atoms with Crippen LogP contribution in [0.4, 0.5) is 5.69 Å². The van der Waals surface area contributed by atoms with E-state index in [0.29, 0.717) is 0 Å². The molecular formula is C12H17N3. The van der Waals surface area contributed by atoms with Gasteiger partial charge in [0.15, 0.2) is 0 Å². The van der Waals surface area contributed by atoms with Crippen LogP contribution in [0.1, 0.15) is 29.5 Å². The first-order chi connectivity index (χ1) is 7.33. The number of fused-ring (bicyclic) bond motifs is 1. The van der Waals surface area contributed by atoms with Crippen LogP contribution in [-0.2, 0) is 12.8 Å². The van der Waals surface area contributed by atoms with Crippen LogP contribution in [0.25, 0.3) is 0 Å². The highest BCUT2D eigenvalue weighted by Crippen LogP contribution is 2.31. The first-order valence-corrected chi connectivity index (χ1v) is 5.43. The molecule has 1 aromatic carbocycles. The van der Waals surface area contributed by atoms with Crippen LogP contribution in [-0.4, -0.2) is 6.34 Å². The molecule has 3 nitrogen and oxygen atoms in total. The zero-order valence-electron chi connectivity index (χ0n) is 9.09. The van der Waals surface area contributed by atoms with E-state index >= 15 is 0 Å². The first kappa shape index (κ1) is 10.2. The Balaban J connectivity index is 2.43. The number of aliphatic imine (C=N–C) groups is 1. The summed E-state index contributed by atoms with van der Waals surface area (Å²) in [7, 11) is 0. The van der Waals surface area contributed by atoms with Gasteiger partial charge in [0, 0.05) is 0 Å². The summed E-state index contributed by atoms with van der Waals surface area (Å²) in [5, 5.41) is 0. The number of aryl methyl sites for hydroxylation is 1. The van der Waals surface area contributed by atoms with E-state index in [1.165, 1.54) is 36.0 Å². The molecule has 0 aromatic heterocycles. The van der Waals surface area contributed by atoms with Gasteiger partial charge in [0.1, 0.15) is 6.34 Å². The number of nitrogens with zero attached hydrogens (tertiary/aromatic N) is 1. The Kier molecular flexibility index (Phi) is 3.02. The van der Waals surface area contributed by atoms with E-state index in [-0.39, 0.29) is 0 Å². The summed E-state index contributed by atoms with van der Waals surface area (Å²) in [6.45, 7) is 2.18. The maximum atomic E-state index is 5.18. The number of rotatable bonds is 2. The van der Waals surface area contributed by atoms with E-state index in [4.69, 9.17) is 5.84 Å². The van der Waals surface area contributed by atoms with Crippen molar-refractivity contribution in [3.05, 3.63) is 28.8 Å². The zero-order chi connectivity index (χ0) is 10.7. The molecule has 0 unspecified atom stereocenters. The molecule has 0 fully saturated rings. The van der Waals surface area contributed by atoms with Crippen LogP contribution >= 0.6 is 0 Å². The van der Waals surface area contributed by atoms with Gasteiger partial charge in [-0.25, -0.2) is 10.8 Å². The molecule has 3 N–H and O–H groups in total. The van der Waals surface area contributed by atoms with E-state index in [1.54, 1.807) is 6.34 Å². The molecule has 15 heavy (non-hydrogen) atoms. The Morgan fingerprint density at radius 3 is 2.73 bits per heavy atom. The summed E-state index contributed by atoms with van der Waals surface area (Å²) in [5.41, 5.74) is 7.81. The molecule has 0 radical (unpaired) electrons. The average molecular weight is 203 g/mol. The van der Waals surface area contributed by atoms with E-state index < -0.39 is 0 Å². The van der Waals surface area contributed by atoms with Crippen molar-refractivity contribution in [2.45, 2.75) is 32.6 Å². The lowest BCUT2D eigenvalue weighted by molar-refractivity contribution is 0.682. The topological polar surface area (TPSA) is 50.4 Å². The van der Waals surface area contributed by atoms with Gasteiger partial charge in [-0.15, -0.1) is 0 Å². The second-order valence-electron chi connectivity index (χ2n) is 3.99. The van der Waals surface area contributed by atoms with E-state index in [1.807, 2.05) is 0 Å². The first-order valence-electron chi connectivity index (χ1n) is 5.43. The van der Waals surface area contributed by atoms with Crippen molar-refractivity contribution in [2.75, 3.05) is 0 Å². The third-order valence-electron chi connectivity index (χ3n) is 3.02. The molecule has 0 amide bonds. The number of hydrogen-bond acceptors (Lipinski definition) is 2. The normalized spacial score (nSPS) is 15.3. The highest BCUT2D eigenvalue weighted by Gasteiger charge is 2.14. The number of hydrogen-bond donors (Lipinski definition) is 2. The summed E-state index contributed by atoms with van der Waals surface area (Å²) in [4.78, 5) is 4.32. The van der Waals surface area contributed by atoms with Crippen molar-refractivity contribution in [1.29, 1.82) is 0 Å². The van der Waals surface area contributed by atoms with Gasteiger partial charge in [0.2, 0.25) is 0 Å². The lowest BCUT2D eigenvalue weighted by atomic mass is 9.87. The molecule has 0 heterocycles. The van der Waals surface area contributed by atoms with Crippen LogP contribution in [0.15, 0.2) is 17.1 Å². The molecule has 2 rings (SSSR count). The number of benzene rings is 1. The molecule has 1 aliphatic rings. The van der Waals surface area contributed by atoms with Crippen molar-refractivity contribution in [2.24, 2.45) is 10.8 Å². The third kappa shape index (κ3) is 2.02. The second-order valence-corrected chi connectivity index (χ2v) is 3.99. The van der Waals surface area contributed by atoms with Crippen molar-refractivity contribution in [3.8, 4) is 0 Å². The number of nitrogens with two attached hydrogens (primary N) is 1. The van der Waals surface area contributed by atoms with E-state index in [0.717, 1.165) is 12.1 Å². The minimum Gasteiger partial charge on any atom is -0.315 e. The Bertz CT molecular complexity index is 383. The van der Waals surface area contributed by atoms with Crippen LogP contribution in [0.3, 0.4) is 0 Å². The number of nitrogens with one attached hydrogen (secondary N) is 1. The molecule has 3 heteroatoms. The molecule has 0 bridgehead atoms. The quantitative estimate of drug-likeness (QED) is 0.334. The van der Waals surface area contributed by atoms with Crippen molar-refractivity contribution < 1.29 is 0 Å². The molecule has 0 atom stereocenters. The summed E-state index contributed by atoms with van der Waals surface area (Å²) in [6, 6.07) is 4.22. The standard InChI is InChI=1S/C12H17N3/c1-9-6-7-12(14-8-15-13)11-5-3-2-4-10(9)11/h6-8H,2-5,13H2,1H3,(H,14,15). The van der Waals surface area contributed by atoms with E-state index in [9.17, 15) is 0 Å². The highest BCUT2D eigenvalue weighted by atomic mass is 15.2.